The molecular formula is C15H20F3N5OS. The predicted molar refractivity (Wildman–Crippen MR) is 89.0 cm³/mol. The maximum absolute atomic E-state index is 12.3. The molecule has 1 aliphatic rings. The van der Waals surface area contributed by atoms with Crippen molar-refractivity contribution in [1.29, 1.82) is 0 Å². The van der Waals surface area contributed by atoms with Gasteiger partial charge in [-0.1, -0.05) is 32.1 Å². The SMILES string of the molecule is CC(C)(C)c1cn2nc(N3CCC[C@@H]3C(=O)NCC(F)(F)F)sc2n1. The monoisotopic (exact) mass is 375 g/mol. The fourth-order valence-corrected chi connectivity index (χ4v) is 3.70. The normalized spacial score (nSPS) is 19.0. The van der Waals surface area contributed by atoms with Crippen molar-refractivity contribution in [2.45, 2.75) is 51.2 Å². The first kappa shape index (κ1) is 18.0. The van der Waals surface area contributed by atoms with E-state index in [1.54, 1.807) is 9.42 Å². The van der Waals surface area contributed by atoms with Crippen LogP contribution in [0.2, 0.25) is 0 Å². The minimum atomic E-state index is -4.41. The van der Waals surface area contributed by atoms with Gasteiger partial charge in [0, 0.05) is 12.0 Å². The second kappa shape index (κ2) is 6.15. The fourth-order valence-electron chi connectivity index (χ4n) is 2.74. The maximum Gasteiger partial charge on any atom is 0.405 e. The number of imidazole rings is 1. The molecule has 1 atom stereocenters. The van der Waals surface area contributed by atoms with Crippen LogP contribution in [0.1, 0.15) is 39.3 Å². The van der Waals surface area contributed by atoms with Gasteiger partial charge in [-0.3, -0.25) is 4.79 Å². The summed E-state index contributed by atoms with van der Waals surface area (Å²) in [6.45, 7) is 5.45. The average molecular weight is 375 g/mol. The minimum absolute atomic E-state index is 0.0960. The molecular weight excluding hydrogens is 355 g/mol. The molecule has 3 heterocycles. The Morgan fingerprint density at radius 1 is 1.40 bits per heavy atom. The summed E-state index contributed by atoms with van der Waals surface area (Å²) in [6.07, 6.45) is -1.31. The molecule has 10 heteroatoms. The zero-order valence-corrected chi connectivity index (χ0v) is 15.0. The van der Waals surface area contributed by atoms with Crippen LogP contribution in [0.4, 0.5) is 18.3 Å². The topological polar surface area (TPSA) is 62.5 Å². The quantitative estimate of drug-likeness (QED) is 0.896. The van der Waals surface area contributed by atoms with Crippen LogP contribution in [0, 0.1) is 0 Å². The van der Waals surface area contributed by atoms with Gasteiger partial charge < -0.3 is 10.2 Å². The average Bonchev–Trinajstić information content (AvgIpc) is 3.15. The second-order valence-electron chi connectivity index (χ2n) is 7.17. The number of nitrogens with one attached hydrogen (secondary N) is 1. The number of carbonyl (C=O) groups excluding carboxylic acids is 1. The molecule has 1 N–H and O–H groups in total. The number of nitrogens with zero attached hydrogens (tertiary/aromatic N) is 4. The number of aromatic nitrogens is 3. The number of anilines is 1. The Balaban J connectivity index is 1.77. The standard InChI is InChI=1S/C15H20F3N5OS/c1-14(2,3)10-7-23-12(20-10)25-13(21-23)22-6-4-5-9(22)11(24)19-8-15(16,17)18/h7,9H,4-6,8H2,1-3H3,(H,19,24)/t9-/m1/s1. The third-order valence-corrected chi connectivity index (χ3v) is 5.02. The molecule has 0 saturated carbocycles. The number of rotatable bonds is 3. The van der Waals surface area contributed by atoms with E-state index in [1.165, 1.54) is 11.3 Å². The summed E-state index contributed by atoms with van der Waals surface area (Å²) in [7, 11) is 0. The van der Waals surface area contributed by atoms with E-state index < -0.39 is 24.7 Å². The van der Waals surface area contributed by atoms with Gasteiger partial charge in [0.25, 0.3) is 0 Å². The van der Waals surface area contributed by atoms with Gasteiger partial charge in [0.15, 0.2) is 0 Å². The van der Waals surface area contributed by atoms with Crippen molar-refractivity contribution in [2.75, 3.05) is 18.0 Å². The van der Waals surface area contributed by atoms with Crippen LogP contribution < -0.4 is 10.2 Å². The lowest BCUT2D eigenvalue weighted by atomic mass is 9.93. The number of hydrogen-bond acceptors (Lipinski definition) is 5. The highest BCUT2D eigenvalue weighted by molar-refractivity contribution is 7.20. The number of alkyl halides is 3. The van der Waals surface area contributed by atoms with Crippen LogP contribution in [0.3, 0.4) is 0 Å². The lowest BCUT2D eigenvalue weighted by Gasteiger charge is -2.23. The Hall–Kier alpha value is -1.84. The van der Waals surface area contributed by atoms with E-state index in [-0.39, 0.29) is 5.41 Å². The van der Waals surface area contributed by atoms with Crippen LogP contribution >= 0.6 is 11.3 Å². The molecule has 0 aliphatic carbocycles. The minimum Gasteiger partial charge on any atom is -0.345 e. The van der Waals surface area contributed by atoms with Crippen molar-refractivity contribution >= 4 is 27.3 Å². The van der Waals surface area contributed by atoms with Crippen molar-refractivity contribution in [3.8, 4) is 0 Å². The largest absolute Gasteiger partial charge is 0.405 e. The number of fused-ring (bicyclic) bond motifs is 1. The highest BCUT2D eigenvalue weighted by Crippen LogP contribution is 2.31. The summed E-state index contributed by atoms with van der Waals surface area (Å²) in [5, 5.41) is 7.04. The maximum atomic E-state index is 12.3. The first-order valence-corrected chi connectivity index (χ1v) is 8.84. The molecule has 0 aromatic carbocycles. The molecule has 1 amide bonds. The van der Waals surface area contributed by atoms with Gasteiger partial charge in [-0.25, -0.2) is 9.50 Å². The highest BCUT2D eigenvalue weighted by Gasteiger charge is 2.35. The lowest BCUT2D eigenvalue weighted by Crippen LogP contribution is -2.46. The molecule has 0 spiro atoms. The van der Waals surface area contributed by atoms with Crippen LogP contribution in [0.25, 0.3) is 4.96 Å². The van der Waals surface area contributed by atoms with E-state index in [9.17, 15) is 18.0 Å². The summed E-state index contributed by atoms with van der Waals surface area (Å²) < 4.78 is 38.6. The number of amides is 1. The molecule has 1 saturated heterocycles. The van der Waals surface area contributed by atoms with Gasteiger partial charge >= 0.3 is 6.18 Å². The van der Waals surface area contributed by atoms with E-state index >= 15 is 0 Å². The van der Waals surface area contributed by atoms with E-state index in [0.29, 0.717) is 23.1 Å². The summed E-state index contributed by atoms with van der Waals surface area (Å²) in [5.74, 6) is -0.613. The van der Waals surface area contributed by atoms with Gasteiger partial charge in [-0.2, -0.15) is 13.2 Å². The molecule has 3 rings (SSSR count). The molecule has 2 aromatic rings. The molecule has 2 aromatic heterocycles. The first-order valence-electron chi connectivity index (χ1n) is 8.02. The van der Waals surface area contributed by atoms with Crippen LogP contribution in [0.5, 0.6) is 0 Å². The van der Waals surface area contributed by atoms with Crippen LogP contribution in [-0.2, 0) is 10.2 Å². The van der Waals surface area contributed by atoms with Crippen molar-refractivity contribution in [3.05, 3.63) is 11.9 Å². The molecule has 138 valence electrons. The number of halogens is 3. The van der Waals surface area contributed by atoms with E-state index in [1.807, 2.05) is 11.5 Å². The summed E-state index contributed by atoms with van der Waals surface area (Å²) >= 11 is 1.34. The molecule has 0 unspecified atom stereocenters. The van der Waals surface area contributed by atoms with Crippen molar-refractivity contribution in [1.82, 2.24) is 19.9 Å². The number of hydrogen-bond donors (Lipinski definition) is 1. The first-order chi connectivity index (χ1) is 11.5. The molecule has 1 fully saturated rings. The molecule has 0 bridgehead atoms. The Bertz CT molecular complexity index is 745. The molecule has 0 radical (unpaired) electrons. The van der Waals surface area contributed by atoms with E-state index in [0.717, 1.165) is 12.1 Å². The molecule has 25 heavy (non-hydrogen) atoms. The number of carbonyl (C=O) groups is 1. The molecule has 1 aliphatic heterocycles. The van der Waals surface area contributed by atoms with Gasteiger partial charge in [0.2, 0.25) is 16.0 Å². The zero-order valence-electron chi connectivity index (χ0n) is 14.2. The Kier molecular flexibility index (Phi) is 4.42. The van der Waals surface area contributed by atoms with Crippen molar-refractivity contribution < 1.29 is 18.0 Å². The molecule has 6 nitrogen and oxygen atoms in total. The van der Waals surface area contributed by atoms with Gasteiger partial charge in [0.1, 0.15) is 12.6 Å². The lowest BCUT2D eigenvalue weighted by molar-refractivity contribution is -0.139. The summed E-state index contributed by atoms with van der Waals surface area (Å²) in [4.78, 5) is 19.1. The third kappa shape index (κ3) is 3.88. The Labute approximate surface area is 147 Å². The second-order valence-corrected chi connectivity index (χ2v) is 8.11. The third-order valence-electron chi connectivity index (χ3n) is 4.07. The van der Waals surface area contributed by atoms with Crippen LogP contribution in [-0.4, -0.2) is 45.8 Å². The summed E-state index contributed by atoms with van der Waals surface area (Å²) in [5.41, 5.74) is 0.819. The fraction of sp³-hybridized carbons (Fsp3) is 0.667. The summed E-state index contributed by atoms with van der Waals surface area (Å²) in [6, 6.07) is -0.625. The predicted octanol–water partition coefficient (Wildman–Crippen LogP) is 2.74. The smallest absolute Gasteiger partial charge is 0.345 e. The van der Waals surface area contributed by atoms with Gasteiger partial charge in [-0.05, 0) is 12.8 Å². The van der Waals surface area contributed by atoms with Gasteiger partial charge in [0.05, 0.1) is 11.9 Å². The highest BCUT2D eigenvalue weighted by atomic mass is 32.1. The Morgan fingerprint density at radius 3 is 2.72 bits per heavy atom. The van der Waals surface area contributed by atoms with E-state index in [2.05, 4.69) is 30.9 Å². The zero-order chi connectivity index (χ0) is 18.4. The van der Waals surface area contributed by atoms with Crippen molar-refractivity contribution in [3.63, 3.8) is 0 Å². The van der Waals surface area contributed by atoms with E-state index in [4.69, 9.17) is 0 Å². The van der Waals surface area contributed by atoms with Crippen LogP contribution in [0.15, 0.2) is 6.20 Å². The van der Waals surface area contributed by atoms with Crippen molar-refractivity contribution in [2.24, 2.45) is 0 Å². The van der Waals surface area contributed by atoms with Gasteiger partial charge in [-0.15, -0.1) is 5.10 Å². The Morgan fingerprint density at radius 2 is 2.12 bits per heavy atom.